The fourth-order valence-corrected chi connectivity index (χ4v) is 3.94. The van der Waals surface area contributed by atoms with Gasteiger partial charge < -0.3 is 24.6 Å². The Morgan fingerprint density at radius 1 is 1.00 bits per heavy atom. The molecule has 9 heteroatoms. The summed E-state index contributed by atoms with van der Waals surface area (Å²) in [6.07, 6.45) is 3.69. The molecule has 2 aromatic rings. The molecular formula is C19H25N7O2. The molecule has 9 nitrogen and oxygen atoms in total. The molecule has 148 valence electrons. The van der Waals surface area contributed by atoms with Gasteiger partial charge >= 0.3 is 0 Å². The summed E-state index contributed by atoms with van der Waals surface area (Å²) in [5, 5.41) is 12.3. The van der Waals surface area contributed by atoms with E-state index in [2.05, 4.69) is 36.4 Å². The van der Waals surface area contributed by atoms with Gasteiger partial charge in [-0.05, 0) is 18.6 Å². The number of anilines is 3. The first-order valence-corrected chi connectivity index (χ1v) is 9.95. The molecule has 0 saturated carbocycles. The van der Waals surface area contributed by atoms with Crippen LogP contribution >= 0.6 is 0 Å². The fourth-order valence-electron chi connectivity index (χ4n) is 3.94. The van der Waals surface area contributed by atoms with Crippen molar-refractivity contribution in [3.8, 4) is 0 Å². The number of morpholine rings is 1. The largest absolute Gasteiger partial charge is 0.378 e. The predicted molar refractivity (Wildman–Crippen MR) is 105 cm³/mol. The van der Waals surface area contributed by atoms with Crippen molar-refractivity contribution in [3.05, 3.63) is 29.6 Å². The molecule has 1 N–H and O–H groups in total. The molecule has 3 aliphatic rings. The summed E-state index contributed by atoms with van der Waals surface area (Å²) < 4.78 is 11.0. The average Bonchev–Trinajstić information content (AvgIpc) is 3.23. The minimum atomic E-state index is 0.286. The van der Waals surface area contributed by atoms with Crippen molar-refractivity contribution in [3.63, 3.8) is 0 Å². The number of nitrogens with one attached hydrogen (secondary N) is 1. The Kier molecular flexibility index (Phi) is 4.92. The molecule has 1 unspecified atom stereocenters. The van der Waals surface area contributed by atoms with Crippen LogP contribution in [0.3, 0.4) is 0 Å². The Hall–Kier alpha value is -2.52. The molecule has 0 spiro atoms. The molecule has 2 aromatic heterocycles. The van der Waals surface area contributed by atoms with E-state index >= 15 is 0 Å². The van der Waals surface area contributed by atoms with E-state index < -0.39 is 0 Å². The highest BCUT2D eigenvalue weighted by Crippen LogP contribution is 2.23. The van der Waals surface area contributed by atoms with Crippen LogP contribution < -0.4 is 15.1 Å². The number of hydrogen-bond donors (Lipinski definition) is 1. The second kappa shape index (κ2) is 7.84. The van der Waals surface area contributed by atoms with Crippen LogP contribution in [0.15, 0.2) is 18.3 Å². The molecule has 2 fully saturated rings. The third-order valence-electron chi connectivity index (χ3n) is 5.51. The lowest BCUT2D eigenvalue weighted by Crippen LogP contribution is -2.37. The van der Waals surface area contributed by atoms with E-state index in [1.54, 1.807) is 0 Å². The second-order valence-electron chi connectivity index (χ2n) is 7.39. The summed E-state index contributed by atoms with van der Waals surface area (Å²) >= 11 is 0. The van der Waals surface area contributed by atoms with Gasteiger partial charge in [0.15, 0.2) is 5.82 Å². The highest BCUT2D eigenvalue weighted by Gasteiger charge is 2.26. The molecular weight excluding hydrogens is 358 g/mol. The number of ether oxygens (including phenoxy) is 2. The van der Waals surface area contributed by atoms with Gasteiger partial charge in [0.1, 0.15) is 5.82 Å². The predicted octanol–water partition coefficient (Wildman–Crippen LogP) is 0.867. The Morgan fingerprint density at radius 3 is 2.86 bits per heavy atom. The van der Waals surface area contributed by atoms with Crippen LogP contribution in [0.5, 0.6) is 0 Å². The van der Waals surface area contributed by atoms with Crippen LogP contribution in [0.25, 0.3) is 0 Å². The number of hydrogen-bond acceptors (Lipinski definition) is 9. The minimum Gasteiger partial charge on any atom is -0.378 e. The van der Waals surface area contributed by atoms with E-state index in [-0.39, 0.29) is 6.04 Å². The normalized spacial score (nSPS) is 22.2. The Morgan fingerprint density at radius 2 is 1.93 bits per heavy atom. The topological polar surface area (TPSA) is 88.5 Å². The van der Waals surface area contributed by atoms with E-state index in [9.17, 15) is 0 Å². The number of rotatable bonds is 4. The summed E-state index contributed by atoms with van der Waals surface area (Å²) in [6.45, 7) is 6.40. The summed E-state index contributed by atoms with van der Waals surface area (Å²) in [4.78, 5) is 13.6. The molecule has 0 aromatic carbocycles. The molecule has 1 atom stereocenters. The zero-order valence-corrected chi connectivity index (χ0v) is 15.9. The lowest BCUT2D eigenvalue weighted by atomic mass is 10.1. The first kappa shape index (κ1) is 17.6. The second-order valence-corrected chi connectivity index (χ2v) is 7.39. The lowest BCUT2D eigenvalue weighted by Gasteiger charge is -2.28. The third-order valence-corrected chi connectivity index (χ3v) is 5.51. The Bertz CT molecular complexity index is 828. The van der Waals surface area contributed by atoms with Gasteiger partial charge in [0.05, 0.1) is 32.1 Å². The molecule has 28 heavy (non-hydrogen) atoms. The molecule has 5 rings (SSSR count). The van der Waals surface area contributed by atoms with Crippen molar-refractivity contribution < 1.29 is 9.47 Å². The fraction of sp³-hybridized carbons (Fsp3) is 0.579. The standard InChI is InChI=1S/C19H25N7O2/c1-4-20-19(22-17(1)25-6-9-27-10-7-25)21-15-2-5-26(12-15)18-11-14-13-28-8-3-16(14)23-24-18/h1,4,11,15H,2-3,5-10,12-13H2,(H,20,21,22). The summed E-state index contributed by atoms with van der Waals surface area (Å²) in [6, 6.07) is 4.37. The zero-order chi connectivity index (χ0) is 18.8. The van der Waals surface area contributed by atoms with Crippen LogP contribution in [0.4, 0.5) is 17.6 Å². The highest BCUT2D eigenvalue weighted by atomic mass is 16.5. The van der Waals surface area contributed by atoms with Crippen molar-refractivity contribution in [2.45, 2.75) is 25.5 Å². The smallest absolute Gasteiger partial charge is 0.224 e. The van der Waals surface area contributed by atoms with Gasteiger partial charge in [-0.3, -0.25) is 0 Å². The van der Waals surface area contributed by atoms with Gasteiger partial charge in [-0.1, -0.05) is 0 Å². The maximum atomic E-state index is 5.55. The molecule has 0 bridgehead atoms. The van der Waals surface area contributed by atoms with Gasteiger partial charge in [-0.15, -0.1) is 5.10 Å². The Balaban J connectivity index is 1.23. The van der Waals surface area contributed by atoms with E-state index in [1.165, 1.54) is 0 Å². The van der Waals surface area contributed by atoms with E-state index in [0.29, 0.717) is 12.6 Å². The van der Waals surface area contributed by atoms with E-state index in [0.717, 1.165) is 81.7 Å². The maximum Gasteiger partial charge on any atom is 0.224 e. The monoisotopic (exact) mass is 383 g/mol. The van der Waals surface area contributed by atoms with Crippen LogP contribution in [0.1, 0.15) is 17.7 Å². The van der Waals surface area contributed by atoms with Crippen molar-refractivity contribution >= 4 is 17.6 Å². The molecule has 3 aliphatic heterocycles. The molecule has 5 heterocycles. The summed E-state index contributed by atoms with van der Waals surface area (Å²) in [5.74, 6) is 2.56. The van der Waals surface area contributed by atoms with E-state index in [1.807, 2.05) is 12.3 Å². The number of nitrogens with zero attached hydrogens (tertiary/aromatic N) is 6. The average molecular weight is 383 g/mol. The first-order chi connectivity index (χ1) is 13.8. The minimum absolute atomic E-state index is 0.286. The molecule has 0 aliphatic carbocycles. The molecule has 2 saturated heterocycles. The van der Waals surface area contributed by atoms with Crippen molar-refractivity contribution in [2.75, 3.05) is 61.1 Å². The van der Waals surface area contributed by atoms with Gasteiger partial charge in [-0.25, -0.2) is 4.98 Å². The summed E-state index contributed by atoms with van der Waals surface area (Å²) in [5.41, 5.74) is 2.23. The maximum absolute atomic E-state index is 5.55. The summed E-state index contributed by atoms with van der Waals surface area (Å²) in [7, 11) is 0. The van der Waals surface area contributed by atoms with Crippen molar-refractivity contribution in [1.82, 2.24) is 20.2 Å². The SMILES string of the molecule is c1cc(N2CCOCC2)nc(NC2CCN(c3cc4c(nn3)CCOC4)C2)n1. The number of aromatic nitrogens is 4. The van der Waals surface area contributed by atoms with Crippen molar-refractivity contribution in [1.29, 1.82) is 0 Å². The number of fused-ring (bicyclic) bond motifs is 1. The van der Waals surface area contributed by atoms with Crippen LogP contribution in [-0.2, 0) is 22.5 Å². The molecule has 0 amide bonds. The van der Waals surface area contributed by atoms with Gasteiger partial charge in [0.2, 0.25) is 5.95 Å². The molecule has 0 radical (unpaired) electrons. The highest BCUT2D eigenvalue weighted by molar-refractivity contribution is 5.46. The van der Waals surface area contributed by atoms with Gasteiger partial charge in [-0.2, -0.15) is 10.1 Å². The van der Waals surface area contributed by atoms with Crippen LogP contribution in [-0.4, -0.2) is 72.2 Å². The lowest BCUT2D eigenvalue weighted by molar-refractivity contribution is 0.109. The quantitative estimate of drug-likeness (QED) is 0.826. The first-order valence-electron chi connectivity index (χ1n) is 9.95. The van der Waals surface area contributed by atoms with Crippen LogP contribution in [0.2, 0.25) is 0 Å². The van der Waals surface area contributed by atoms with Crippen molar-refractivity contribution in [2.24, 2.45) is 0 Å². The van der Waals surface area contributed by atoms with Gasteiger partial charge in [0, 0.05) is 50.4 Å². The Labute approximate surface area is 164 Å². The zero-order valence-electron chi connectivity index (χ0n) is 15.9. The van der Waals surface area contributed by atoms with Crippen LogP contribution in [0, 0.1) is 0 Å². The van der Waals surface area contributed by atoms with E-state index in [4.69, 9.17) is 14.5 Å². The van der Waals surface area contributed by atoms with Gasteiger partial charge in [0.25, 0.3) is 0 Å². The third kappa shape index (κ3) is 3.72.